The number of ketones is 1. The number of imide groups is 1. The van der Waals surface area contributed by atoms with Crippen LogP contribution in [0.1, 0.15) is 43.5 Å². The topological polar surface area (TPSA) is 130 Å². The molecule has 3 amide bonds. The summed E-state index contributed by atoms with van der Waals surface area (Å²) in [6.45, 7) is 2.79. The molecule has 0 radical (unpaired) electrons. The van der Waals surface area contributed by atoms with Crippen molar-refractivity contribution in [1.82, 2.24) is 14.5 Å². The highest BCUT2D eigenvalue weighted by Gasteiger charge is 2.45. The number of urea groups is 1. The Balaban J connectivity index is 1.56. The lowest BCUT2D eigenvalue weighted by Gasteiger charge is -2.25. The molecule has 2 aliphatic heterocycles. The first-order valence-corrected chi connectivity index (χ1v) is 11.4. The average molecular weight is 452 g/mol. The smallest absolute Gasteiger partial charge is 0.326 e. The Labute approximate surface area is 180 Å². The van der Waals surface area contributed by atoms with Crippen molar-refractivity contribution >= 4 is 33.7 Å². The molecule has 0 aromatic heterocycles. The van der Waals surface area contributed by atoms with Crippen molar-refractivity contribution in [3.63, 3.8) is 0 Å². The predicted octanol–water partition coefficient (Wildman–Crippen LogP) is 0.917. The van der Waals surface area contributed by atoms with Crippen molar-refractivity contribution in [2.75, 3.05) is 26.2 Å². The molecule has 1 N–H and O–H groups in total. The Bertz CT molecular complexity index is 996. The molecule has 0 atom stereocenters. The van der Waals surface area contributed by atoms with E-state index < -0.39 is 52.4 Å². The lowest BCUT2D eigenvalue weighted by Crippen LogP contribution is -2.41. The first-order valence-electron chi connectivity index (χ1n) is 9.95. The zero-order chi connectivity index (χ0) is 22.8. The summed E-state index contributed by atoms with van der Waals surface area (Å²) in [7, 11) is -3.60. The molecule has 0 unspecified atom stereocenters. The molecule has 2 aliphatic rings. The maximum Gasteiger partial charge on any atom is 0.326 e. The van der Waals surface area contributed by atoms with Gasteiger partial charge in [-0.3, -0.25) is 19.3 Å². The molecular weight excluding hydrogens is 426 g/mol. The fraction of sp³-hybridized carbons (Fsp3) is 0.500. The third-order valence-electron chi connectivity index (χ3n) is 5.22. The van der Waals surface area contributed by atoms with Crippen LogP contribution in [0.5, 0.6) is 0 Å². The average Bonchev–Trinajstić information content (AvgIpc) is 2.94. The number of rotatable bonds is 7. The number of amides is 3. The summed E-state index contributed by atoms with van der Waals surface area (Å²) >= 11 is 0. The van der Waals surface area contributed by atoms with Gasteiger partial charge in [-0.15, -0.1) is 0 Å². The monoisotopic (exact) mass is 451 g/mol. The molecule has 31 heavy (non-hydrogen) atoms. The normalized spacial score (nSPS) is 19.2. The van der Waals surface area contributed by atoms with Crippen LogP contribution < -0.4 is 5.32 Å². The third kappa shape index (κ3) is 4.93. The van der Waals surface area contributed by atoms with Gasteiger partial charge in [-0.2, -0.15) is 4.31 Å². The van der Waals surface area contributed by atoms with Gasteiger partial charge in [0, 0.05) is 18.7 Å². The number of carbonyl (C=O) groups excluding carboxylic acids is 4. The number of Topliss-reactive ketones (excluding diaryl/α,β-unsaturated/α-hetero) is 1. The summed E-state index contributed by atoms with van der Waals surface area (Å²) in [5, 5.41) is 2.44. The largest absolute Gasteiger partial charge is 0.456 e. The van der Waals surface area contributed by atoms with Gasteiger partial charge >= 0.3 is 12.0 Å². The Morgan fingerprint density at radius 2 is 1.68 bits per heavy atom. The molecule has 0 aliphatic carbocycles. The molecule has 1 aromatic carbocycles. The highest BCUT2D eigenvalue weighted by molar-refractivity contribution is 7.89. The van der Waals surface area contributed by atoms with Gasteiger partial charge in [0.1, 0.15) is 12.1 Å². The first-order chi connectivity index (χ1) is 14.5. The van der Waals surface area contributed by atoms with Gasteiger partial charge in [-0.1, -0.05) is 6.42 Å². The minimum atomic E-state index is -3.60. The lowest BCUT2D eigenvalue weighted by molar-refractivity contribution is -0.146. The van der Waals surface area contributed by atoms with Crippen molar-refractivity contribution in [2.45, 2.75) is 43.5 Å². The standard InChI is InChI=1S/C20H25N3O7S/c1-20(2)18(26)23(19(27)21-20)12-17(25)30-13-16(24)14-6-8-15(9-7-14)31(28,29)22-10-4-3-5-11-22/h6-9H,3-5,10-13H2,1-2H3,(H,21,27). The second kappa shape index (κ2) is 8.75. The quantitative estimate of drug-likeness (QED) is 0.371. The molecule has 168 valence electrons. The summed E-state index contributed by atoms with van der Waals surface area (Å²) < 4.78 is 31.6. The number of esters is 1. The van der Waals surface area contributed by atoms with Crippen LogP contribution in [0.15, 0.2) is 29.2 Å². The van der Waals surface area contributed by atoms with E-state index in [1.54, 1.807) is 0 Å². The number of nitrogens with one attached hydrogen (secondary N) is 1. The third-order valence-corrected chi connectivity index (χ3v) is 7.14. The van der Waals surface area contributed by atoms with Crippen molar-refractivity contribution in [2.24, 2.45) is 0 Å². The number of benzene rings is 1. The fourth-order valence-electron chi connectivity index (χ4n) is 3.43. The number of hydrogen-bond acceptors (Lipinski definition) is 7. The summed E-state index contributed by atoms with van der Waals surface area (Å²) in [6, 6.07) is 4.74. The van der Waals surface area contributed by atoms with Gasteiger partial charge in [0.2, 0.25) is 10.0 Å². The lowest BCUT2D eigenvalue weighted by atomic mass is 10.1. The number of carbonyl (C=O) groups is 4. The summed E-state index contributed by atoms with van der Waals surface area (Å²) in [5.74, 6) is -2.00. The maximum absolute atomic E-state index is 12.7. The molecule has 0 spiro atoms. The number of ether oxygens (including phenoxy) is 1. The Kier molecular flexibility index (Phi) is 6.46. The predicted molar refractivity (Wildman–Crippen MR) is 109 cm³/mol. The van der Waals surface area contributed by atoms with Gasteiger partial charge in [0.15, 0.2) is 12.4 Å². The molecule has 2 fully saturated rings. The molecule has 1 aromatic rings. The number of piperidine rings is 1. The number of nitrogens with zero attached hydrogens (tertiary/aromatic N) is 2. The molecule has 2 heterocycles. The molecular formula is C20H25N3O7S. The van der Waals surface area contributed by atoms with Crippen LogP contribution in [0.25, 0.3) is 0 Å². The first kappa shape index (κ1) is 22.9. The Morgan fingerprint density at radius 3 is 2.23 bits per heavy atom. The fourth-order valence-corrected chi connectivity index (χ4v) is 4.95. The second-order valence-corrected chi connectivity index (χ2v) is 9.96. The van der Waals surface area contributed by atoms with Gasteiger partial charge in [-0.05, 0) is 51.0 Å². The van der Waals surface area contributed by atoms with E-state index in [1.165, 1.54) is 42.4 Å². The van der Waals surface area contributed by atoms with Crippen LogP contribution in [0.3, 0.4) is 0 Å². The van der Waals surface area contributed by atoms with Gasteiger partial charge in [-0.25, -0.2) is 13.2 Å². The Morgan fingerprint density at radius 1 is 1.06 bits per heavy atom. The van der Waals surface area contributed by atoms with E-state index in [1.807, 2.05) is 0 Å². The van der Waals surface area contributed by atoms with Gasteiger partial charge in [0.25, 0.3) is 5.91 Å². The molecule has 10 nitrogen and oxygen atoms in total. The van der Waals surface area contributed by atoms with Gasteiger partial charge in [0.05, 0.1) is 4.90 Å². The molecule has 2 saturated heterocycles. The van der Waals surface area contributed by atoms with Crippen LogP contribution >= 0.6 is 0 Å². The van der Waals surface area contributed by atoms with Crippen molar-refractivity contribution < 1.29 is 32.3 Å². The van der Waals surface area contributed by atoms with Crippen LogP contribution in [0, 0.1) is 0 Å². The van der Waals surface area contributed by atoms with E-state index in [9.17, 15) is 27.6 Å². The molecule has 0 saturated carbocycles. The molecule has 0 bridgehead atoms. The molecule has 11 heteroatoms. The van der Waals surface area contributed by atoms with E-state index in [0.29, 0.717) is 13.1 Å². The summed E-state index contributed by atoms with van der Waals surface area (Å²) in [4.78, 5) is 48.9. The zero-order valence-corrected chi connectivity index (χ0v) is 18.2. The highest BCUT2D eigenvalue weighted by atomic mass is 32.2. The van der Waals surface area contributed by atoms with E-state index >= 15 is 0 Å². The van der Waals surface area contributed by atoms with E-state index in [4.69, 9.17) is 4.74 Å². The van der Waals surface area contributed by atoms with Crippen molar-refractivity contribution in [3.05, 3.63) is 29.8 Å². The minimum Gasteiger partial charge on any atom is -0.456 e. The van der Waals surface area contributed by atoms with E-state index in [-0.39, 0.29) is 10.5 Å². The van der Waals surface area contributed by atoms with Crippen LogP contribution in [0.4, 0.5) is 4.79 Å². The second-order valence-electron chi connectivity index (χ2n) is 8.02. The van der Waals surface area contributed by atoms with Crippen molar-refractivity contribution in [1.29, 1.82) is 0 Å². The minimum absolute atomic E-state index is 0.101. The summed E-state index contributed by atoms with van der Waals surface area (Å²) in [6.07, 6.45) is 2.65. The van der Waals surface area contributed by atoms with Crippen LogP contribution in [-0.4, -0.2) is 73.1 Å². The highest BCUT2D eigenvalue weighted by Crippen LogP contribution is 2.21. The maximum atomic E-state index is 12.7. The molecule has 3 rings (SSSR count). The number of sulfonamides is 1. The Hall–Kier alpha value is -2.79. The number of hydrogen-bond donors (Lipinski definition) is 1. The van der Waals surface area contributed by atoms with Crippen LogP contribution in [-0.2, 0) is 24.3 Å². The van der Waals surface area contributed by atoms with Crippen molar-refractivity contribution in [3.8, 4) is 0 Å². The summed E-state index contributed by atoms with van der Waals surface area (Å²) in [5.41, 5.74) is -0.926. The van der Waals surface area contributed by atoms with E-state index in [0.717, 1.165) is 24.2 Å². The van der Waals surface area contributed by atoms with E-state index in [2.05, 4.69) is 5.32 Å². The van der Waals surface area contributed by atoms with Gasteiger partial charge < -0.3 is 10.1 Å². The zero-order valence-electron chi connectivity index (χ0n) is 17.4. The SMILES string of the molecule is CC1(C)NC(=O)N(CC(=O)OCC(=O)c2ccc(S(=O)(=O)N3CCCCC3)cc2)C1=O. The van der Waals surface area contributed by atoms with Crippen LogP contribution in [0.2, 0.25) is 0 Å².